The second-order valence-electron chi connectivity index (χ2n) is 2.42. The third-order valence-corrected chi connectivity index (χ3v) is 2.01. The van der Waals surface area contributed by atoms with Crippen LogP contribution in [0.5, 0.6) is 0 Å². The van der Waals surface area contributed by atoms with E-state index >= 15 is 0 Å². The van der Waals surface area contributed by atoms with Gasteiger partial charge in [0.2, 0.25) is 0 Å². The van der Waals surface area contributed by atoms with E-state index in [0.717, 1.165) is 0 Å². The second kappa shape index (κ2) is 9.43. The maximum absolute atomic E-state index is 11.9. The van der Waals surface area contributed by atoms with Gasteiger partial charge in [0.25, 0.3) is 0 Å². The topological polar surface area (TPSA) is 0 Å². The summed E-state index contributed by atoms with van der Waals surface area (Å²) in [6.45, 7) is 0. The first-order valence-electron chi connectivity index (χ1n) is 4.03. The van der Waals surface area contributed by atoms with E-state index in [0.29, 0.717) is 0 Å². The zero-order chi connectivity index (χ0) is 10.2. The van der Waals surface area contributed by atoms with Crippen LogP contribution in [0.25, 0.3) is 0 Å². The van der Waals surface area contributed by atoms with Gasteiger partial charge >= 0.3 is 0 Å². The molecule has 0 aromatic heterocycles. The zero-order valence-corrected chi connectivity index (χ0v) is 12.9. The van der Waals surface area contributed by atoms with Crippen molar-refractivity contribution in [2.24, 2.45) is 0 Å². The van der Waals surface area contributed by atoms with Gasteiger partial charge < -0.3 is 0 Å². The van der Waals surface area contributed by atoms with Gasteiger partial charge in [0.05, 0.1) is 0 Å². The molecule has 0 aliphatic heterocycles. The molecule has 0 spiro atoms. The summed E-state index contributed by atoms with van der Waals surface area (Å²) >= 11 is 2.22. The van der Waals surface area contributed by atoms with Gasteiger partial charge in [-0.05, 0) is 0 Å². The number of halogens is 2. The molecule has 0 N–H and O–H groups in total. The zero-order valence-electron chi connectivity index (χ0n) is 7.95. The van der Waals surface area contributed by atoms with Crippen molar-refractivity contribution in [2.75, 3.05) is 0 Å². The van der Waals surface area contributed by atoms with Crippen molar-refractivity contribution in [3.63, 3.8) is 0 Å². The maximum Gasteiger partial charge on any atom is 0.0108 e. The van der Waals surface area contributed by atoms with Crippen molar-refractivity contribution in [1.82, 2.24) is 0 Å². The SMILES string of the molecule is Fc1[c-]cccc1.Ic1[c-]cccc1.[Y]. The Morgan fingerprint density at radius 2 is 1.53 bits per heavy atom. The molecular formula is C12H8FIY-2. The quantitative estimate of drug-likeness (QED) is 0.478. The van der Waals surface area contributed by atoms with E-state index < -0.39 is 0 Å². The van der Waals surface area contributed by atoms with Gasteiger partial charge in [-0.1, -0.05) is 22.6 Å². The van der Waals surface area contributed by atoms with Crippen molar-refractivity contribution in [3.05, 3.63) is 70.1 Å². The van der Waals surface area contributed by atoms with Crippen LogP contribution in [0.1, 0.15) is 0 Å². The van der Waals surface area contributed by atoms with Gasteiger partial charge in [-0.25, -0.2) is 4.39 Å². The molecule has 0 bridgehead atoms. The summed E-state index contributed by atoms with van der Waals surface area (Å²) in [7, 11) is 0. The van der Waals surface area contributed by atoms with E-state index in [1.165, 1.54) is 15.7 Å². The summed E-state index contributed by atoms with van der Waals surface area (Å²) in [6.07, 6.45) is 0. The smallest absolute Gasteiger partial charge is 0.0108 e. The van der Waals surface area contributed by atoms with Gasteiger partial charge in [-0.15, -0.1) is 15.7 Å². The Balaban J connectivity index is 0.000000245. The van der Waals surface area contributed by atoms with Gasteiger partial charge in [0.15, 0.2) is 0 Å². The minimum atomic E-state index is -0.303. The van der Waals surface area contributed by atoms with Crippen LogP contribution < -0.4 is 0 Å². The Bertz CT molecular complexity index is 313. The number of hydrogen-bond donors (Lipinski definition) is 0. The Hall–Kier alpha value is 0.204. The monoisotopic (exact) mass is 387 g/mol. The van der Waals surface area contributed by atoms with E-state index in [4.69, 9.17) is 0 Å². The molecular weight excluding hydrogens is 379 g/mol. The van der Waals surface area contributed by atoms with Gasteiger partial charge in [-0.3, -0.25) is 0 Å². The summed E-state index contributed by atoms with van der Waals surface area (Å²) in [6, 6.07) is 19.5. The molecule has 2 aromatic carbocycles. The van der Waals surface area contributed by atoms with Crippen molar-refractivity contribution >= 4 is 22.6 Å². The van der Waals surface area contributed by atoms with Crippen LogP contribution in [0.4, 0.5) is 4.39 Å². The van der Waals surface area contributed by atoms with Crippen LogP contribution in [0.15, 0.2) is 48.5 Å². The predicted octanol–water partition coefficient (Wildman–Crippen LogP) is 3.71. The van der Waals surface area contributed by atoms with Crippen molar-refractivity contribution < 1.29 is 37.1 Å². The molecule has 0 atom stereocenters. The van der Waals surface area contributed by atoms with Crippen LogP contribution in [-0.2, 0) is 32.7 Å². The minimum absolute atomic E-state index is 0. The molecule has 0 saturated carbocycles. The molecule has 3 heteroatoms. The van der Waals surface area contributed by atoms with Crippen LogP contribution in [0, 0.1) is 21.5 Å². The van der Waals surface area contributed by atoms with Crippen LogP contribution in [-0.4, -0.2) is 0 Å². The standard InChI is InChI=1S/C6H4F.C6H4I.Y/c2*7-6-4-2-1-3-5-6;/h2*1-4H;/q2*-1;. The fourth-order valence-electron chi connectivity index (χ4n) is 0.743. The Morgan fingerprint density at radius 3 is 1.73 bits per heavy atom. The van der Waals surface area contributed by atoms with Crippen LogP contribution in [0.2, 0.25) is 0 Å². The summed E-state index contributed by atoms with van der Waals surface area (Å²) < 4.78 is 13.0. The Kier molecular flexibility index (Phi) is 9.56. The second-order valence-corrected chi connectivity index (χ2v) is 3.58. The van der Waals surface area contributed by atoms with Crippen molar-refractivity contribution in [1.29, 1.82) is 0 Å². The van der Waals surface area contributed by atoms with Gasteiger partial charge in [-0.2, -0.15) is 48.5 Å². The fraction of sp³-hybridized carbons (Fsp3) is 0. The van der Waals surface area contributed by atoms with Gasteiger partial charge in [0.1, 0.15) is 0 Å². The summed E-state index contributed by atoms with van der Waals surface area (Å²) in [5, 5.41) is 0. The molecule has 2 aromatic rings. The fourth-order valence-corrected chi connectivity index (χ4v) is 1.13. The van der Waals surface area contributed by atoms with Crippen molar-refractivity contribution in [2.45, 2.75) is 0 Å². The van der Waals surface area contributed by atoms with E-state index in [9.17, 15) is 4.39 Å². The molecule has 0 nitrogen and oxygen atoms in total. The van der Waals surface area contributed by atoms with Gasteiger partial charge in [0, 0.05) is 38.5 Å². The van der Waals surface area contributed by atoms with Crippen molar-refractivity contribution in [3.8, 4) is 0 Å². The minimum Gasteiger partial charge on any atom is -0.236 e. The number of benzene rings is 2. The van der Waals surface area contributed by atoms with Crippen LogP contribution >= 0.6 is 22.6 Å². The van der Waals surface area contributed by atoms with E-state index in [2.05, 4.69) is 34.7 Å². The third kappa shape index (κ3) is 8.06. The molecule has 0 aliphatic carbocycles. The summed E-state index contributed by atoms with van der Waals surface area (Å²) in [5.41, 5.74) is 0. The van der Waals surface area contributed by atoms with E-state index in [1.54, 1.807) is 12.1 Å². The predicted molar refractivity (Wildman–Crippen MR) is 63.2 cm³/mol. The molecule has 0 aliphatic rings. The molecule has 15 heavy (non-hydrogen) atoms. The first-order chi connectivity index (χ1) is 6.79. The van der Waals surface area contributed by atoms with E-state index in [-0.39, 0.29) is 38.5 Å². The summed E-state index contributed by atoms with van der Waals surface area (Å²) in [5.74, 6) is -0.303. The van der Waals surface area contributed by atoms with E-state index in [1.807, 2.05) is 24.3 Å². The molecule has 0 fully saturated rings. The first kappa shape index (κ1) is 15.2. The summed E-state index contributed by atoms with van der Waals surface area (Å²) in [4.78, 5) is 0. The average Bonchev–Trinajstić information content (AvgIpc) is 2.21. The number of rotatable bonds is 0. The molecule has 0 unspecified atom stereocenters. The molecule has 0 heterocycles. The molecule has 75 valence electrons. The molecule has 0 amide bonds. The Morgan fingerprint density at radius 1 is 0.933 bits per heavy atom. The largest absolute Gasteiger partial charge is 0.236 e. The average molecular weight is 387 g/mol. The Labute approximate surface area is 128 Å². The first-order valence-corrected chi connectivity index (χ1v) is 5.11. The maximum atomic E-state index is 11.9. The molecule has 2 rings (SSSR count). The normalized spacial score (nSPS) is 8.13. The van der Waals surface area contributed by atoms with Crippen LogP contribution in [0.3, 0.4) is 0 Å². The molecule has 1 radical (unpaired) electrons. The number of hydrogen-bond acceptors (Lipinski definition) is 0. The third-order valence-electron chi connectivity index (χ3n) is 1.34. The molecule has 0 saturated heterocycles.